The zero-order valence-electron chi connectivity index (χ0n) is 10.5. The lowest BCUT2D eigenvalue weighted by atomic mass is 10.1. The van der Waals surface area contributed by atoms with E-state index in [1.807, 2.05) is 5.43 Å². The molecule has 0 unspecified atom stereocenters. The third-order valence-corrected chi connectivity index (χ3v) is 2.62. The van der Waals surface area contributed by atoms with Gasteiger partial charge in [-0.25, -0.2) is 5.84 Å². The first-order valence-electron chi connectivity index (χ1n) is 5.50. The molecule has 0 aliphatic heterocycles. The van der Waals surface area contributed by atoms with Gasteiger partial charge in [-0.05, 0) is 18.2 Å². The maximum Gasteiger partial charge on any atom is 0.300 e. The Morgan fingerprint density at radius 2 is 2.15 bits per heavy atom. The molecule has 3 N–H and O–H groups in total. The van der Waals surface area contributed by atoms with Crippen molar-refractivity contribution in [3.05, 3.63) is 46.2 Å². The van der Waals surface area contributed by atoms with Crippen LogP contribution in [0.1, 0.15) is 10.6 Å². The first-order valence-corrected chi connectivity index (χ1v) is 5.50. The largest absolute Gasteiger partial charge is 0.496 e. The molecule has 1 heterocycles. The van der Waals surface area contributed by atoms with Crippen LogP contribution in [-0.2, 0) is 0 Å². The van der Waals surface area contributed by atoms with E-state index in [4.69, 9.17) is 15.0 Å². The van der Waals surface area contributed by atoms with E-state index in [0.29, 0.717) is 11.3 Å². The van der Waals surface area contributed by atoms with Gasteiger partial charge in [0.05, 0.1) is 17.6 Å². The number of ether oxygens (including phenoxy) is 1. The molecule has 1 amide bonds. The van der Waals surface area contributed by atoms with Gasteiger partial charge in [-0.2, -0.15) is 0 Å². The van der Waals surface area contributed by atoms with Crippen molar-refractivity contribution in [2.45, 2.75) is 0 Å². The fourth-order valence-electron chi connectivity index (χ4n) is 1.68. The zero-order valence-corrected chi connectivity index (χ0v) is 10.5. The summed E-state index contributed by atoms with van der Waals surface area (Å²) in [5.41, 5.74) is 2.20. The number of nitro groups is 1. The van der Waals surface area contributed by atoms with E-state index in [0.717, 1.165) is 0 Å². The van der Waals surface area contributed by atoms with Crippen LogP contribution in [0, 0.1) is 10.1 Å². The van der Waals surface area contributed by atoms with Crippen LogP contribution in [0.5, 0.6) is 5.75 Å². The van der Waals surface area contributed by atoms with Crippen molar-refractivity contribution in [3.8, 4) is 17.1 Å². The Morgan fingerprint density at radius 1 is 1.40 bits per heavy atom. The molecule has 0 aliphatic carbocycles. The number of amides is 1. The van der Waals surface area contributed by atoms with Gasteiger partial charge in [0.2, 0.25) is 0 Å². The van der Waals surface area contributed by atoms with Gasteiger partial charge < -0.3 is 9.15 Å². The summed E-state index contributed by atoms with van der Waals surface area (Å²) in [6.07, 6.45) is 0. The van der Waals surface area contributed by atoms with Crippen molar-refractivity contribution in [1.82, 2.24) is 5.43 Å². The van der Waals surface area contributed by atoms with E-state index >= 15 is 0 Å². The number of nitrogen functional groups attached to an aromatic ring is 1. The van der Waals surface area contributed by atoms with Gasteiger partial charge in [0.25, 0.3) is 5.69 Å². The summed E-state index contributed by atoms with van der Waals surface area (Å²) in [7, 11) is 1.43. The number of nitrogens with one attached hydrogen (secondary N) is 1. The lowest BCUT2D eigenvalue weighted by molar-refractivity contribution is -0.384. The molecule has 2 rings (SSSR count). The minimum Gasteiger partial charge on any atom is -0.496 e. The van der Waals surface area contributed by atoms with Crippen LogP contribution in [0.15, 0.2) is 34.7 Å². The molecule has 8 nitrogen and oxygen atoms in total. The minimum absolute atomic E-state index is 0.00365. The summed E-state index contributed by atoms with van der Waals surface area (Å²) in [4.78, 5) is 21.6. The Hall–Kier alpha value is -2.87. The van der Waals surface area contributed by atoms with Crippen molar-refractivity contribution in [2.75, 3.05) is 7.11 Å². The van der Waals surface area contributed by atoms with E-state index in [2.05, 4.69) is 0 Å². The van der Waals surface area contributed by atoms with Gasteiger partial charge in [-0.3, -0.25) is 20.3 Å². The molecule has 0 atom stereocenters. The highest BCUT2D eigenvalue weighted by atomic mass is 16.6. The first-order chi connectivity index (χ1) is 9.56. The second kappa shape index (κ2) is 5.41. The van der Waals surface area contributed by atoms with Crippen molar-refractivity contribution in [3.63, 3.8) is 0 Å². The molecule has 20 heavy (non-hydrogen) atoms. The Morgan fingerprint density at radius 3 is 2.75 bits per heavy atom. The van der Waals surface area contributed by atoms with Crippen LogP contribution in [0.3, 0.4) is 0 Å². The molecule has 1 aromatic heterocycles. The van der Waals surface area contributed by atoms with Crippen LogP contribution in [0.4, 0.5) is 5.69 Å². The Kier molecular flexibility index (Phi) is 3.67. The second-order valence-electron chi connectivity index (χ2n) is 3.78. The number of rotatable bonds is 4. The molecule has 8 heteroatoms. The summed E-state index contributed by atoms with van der Waals surface area (Å²) >= 11 is 0. The average Bonchev–Trinajstić information content (AvgIpc) is 2.95. The summed E-state index contributed by atoms with van der Waals surface area (Å²) < 4.78 is 10.4. The summed E-state index contributed by atoms with van der Waals surface area (Å²) in [5, 5.41) is 10.8. The van der Waals surface area contributed by atoms with Crippen LogP contribution in [-0.4, -0.2) is 17.9 Å². The van der Waals surface area contributed by atoms with Gasteiger partial charge in [-0.1, -0.05) is 0 Å². The SMILES string of the molecule is COc1ccc([N+](=O)[O-])cc1-c1ccc(C(=O)NN)o1. The quantitative estimate of drug-likeness (QED) is 0.378. The standard InChI is InChI=1S/C12H11N3O5/c1-19-9-3-2-7(15(17)18)6-8(9)10-4-5-11(20-10)12(16)14-13/h2-6H,13H2,1H3,(H,14,16). The van der Waals surface area contributed by atoms with Crippen LogP contribution in [0.2, 0.25) is 0 Å². The van der Waals surface area contributed by atoms with Gasteiger partial charge in [0, 0.05) is 12.1 Å². The Balaban J connectivity index is 2.50. The highest BCUT2D eigenvalue weighted by molar-refractivity contribution is 5.91. The lowest BCUT2D eigenvalue weighted by Crippen LogP contribution is -2.29. The van der Waals surface area contributed by atoms with E-state index < -0.39 is 10.8 Å². The van der Waals surface area contributed by atoms with Crippen LogP contribution < -0.4 is 16.0 Å². The number of nitrogens with two attached hydrogens (primary N) is 1. The fraction of sp³-hybridized carbons (Fsp3) is 0.0833. The van der Waals surface area contributed by atoms with Crippen molar-refractivity contribution >= 4 is 11.6 Å². The van der Waals surface area contributed by atoms with Crippen molar-refractivity contribution in [1.29, 1.82) is 0 Å². The topological polar surface area (TPSA) is 121 Å². The van der Waals surface area contributed by atoms with E-state index in [9.17, 15) is 14.9 Å². The molecule has 0 fully saturated rings. The molecule has 0 spiro atoms. The number of methoxy groups -OCH3 is 1. The highest BCUT2D eigenvalue weighted by Crippen LogP contribution is 2.34. The lowest BCUT2D eigenvalue weighted by Gasteiger charge is -2.05. The number of benzene rings is 1. The summed E-state index contributed by atoms with van der Waals surface area (Å²) in [5.74, 6) is 5.06. The predicted octanol–water partition coefficient (Wildman–Crippen LogP) is 1.47. The number of carbonyl (C=O) groups excluding carboxylic acids is 1. The third-order valence-electron chi connectivity index (χ3n) is 2.62. The molecule has 1 aromatic carbocycles. The van der Waals surface area contributed by atoms with Gasteiger partial charge in [0.15, 0.2) is 5.76 Å². The third kappa shape index (κ3) is 2.45. The number of furan rings is 1. The number of nitro benzene ring substituents is 1. The number of hydrazine groups is 1. The monoisotopic (exact) mass is 277 g/mol. The fourth-order valence-corrected chi connectivity index (χ4v) is 1.68. The second-order valence-corrected chi connectivity index (χ2v) is 3.78. The smallest absolute Gasteiger partial charge is 0.300 e. The molecule has 0 saturated heterocycles. The molecule has 104 valence electrons. The number of hydrogen-bond acceptors (Lipinski definition) is 6. The Labute approximate surface area is 113 Å². The number of carbonyl (C=O) groups is 1. The predicted molar refractivity (Wildman–Crippen MR) is 69.0 cm³/mol. The van der Waals surface area contributed by atoms with E-state index in [-0.39, 0.29) is 17.2 Å². The number of non-ortho nitro benzene ring substituents is 1. The maximum atomic E-state index is 11.3. The summed E-state index contributed by atoms with van der Waals surface area (Å²) in [6, 6.07) is 7.00. The normalized spacial score (nSPS) is 10.1. The van der Waals surface area contributed by atoms with Crippen LogP contribution >= 0.6 is 0 Å². The average molecular weight is 277 g/mol. The van der Waals surface area contributed by atoms with Gasteiger partial charge >= 0.3 is 5.91 Å². The van der Waals surface area contributed by atoms with Gasteiger partial charge in [-0.15, -0.1) is 0 Å². The number of hydrogen-bond donors (Lipinski definition) is 2. The minimum atomic E-state index is -0.597. The molecule has 0 bridgehead atoms. The van der Waals surface area contributed by atoms with Crippen molar-refractivity contribution < 1.29 is 18.9 Å². The number of nitrogens with zero attached hydrogens (tertiary/aromatic N) is 1. The molecule has 2 aromatic rings. The maximum absolute atomic E-state index is 11.3. The van der Waals surface area contributed by atoms with Crippen molar-refractivity contribution in [2.24, 2.45) is 5.84 Å². The molecular formula is C12H11N3O5. The Bertz CT molecular complexity index is 665. The molecule has 0 radical (unpaired) electrons. The molecule has 0 aliphatic rings. The molecule has 0 saturated carbocycles. The zero-order chi connectivity index (χ0) is 14.7. The van der Waals surface area contributed by atoms with E-state index in [1.165, 1.54) is 37.4 Å². The highest BCUT2D eigenvalue weighted by Gasteiger charge is 2.17. The van der Waals surface area contributed by atoms with E-state index in [1.54, 1.807) is 0 Å². The molecular weight excluding hydrogens is 266 g/mol. The first kappa shape index (κ1) is 13.6. The van der Waals surface area contributed by atoms with Gasteiger partial charge in [0.1, 0.15) is 11.5 Å². The van der Waals surface area contributed by atoms with Crippen LogP contribution in [0.25, 0.3) is 11.3 Å². The summed E-state index contributed by atoms with van der Waals surface area (Å²) in [6.45, 7) is 0.